The lowest BCUT2D eigenvalue weighted by molar-refractivity contribution is 0.113. The van der Waals surface area contributed by atoms with Crippen LogP contribution in [0.3, 0.4) is 0 Å². The van der Waals surface area contributed by atoms with Crippen molar-refractivity contribution in [2.45, 2.75) is 6.10 Å². The maximum atomic E-state index is 8.86. The summed E-state index contributed by atoms with van der Waals surface area (Å²) < 4.78 is 0.905. The number of aliphatic hydroxyl groups excluding tert-OH is 2. The number of aliphatic hydroxyl groups is 2. The van der Waals surface area contributed by atoms with E-state index in [-0.39, 0.29) is 6.61 Å². The van der Waals surface area contributed by atoms with Crippen molar-refractivity contribution in [2.24, 2.45) is 0 Å². The first-order valence-electron chi connectivity index (χ1n) is 2.86. The standard InChI is InChI=1S/C6H11BrO2S/c1-5(7)3-10-4-6(9)2-8/h6,8-9H,1-4H2. The molecule has 0 aliphatic carbocycles. The Morgan fingerprint density at radius 3 is 2.70 bits per heavy atom. The minimum atomic E-state index is -0.600. The highest BCUT2D eigenvalue weighted by Crippen LogP contribution is 2.11. The Morgan fingerprint density at radius 1 is 1.70 bits per heavy atom. The molecule has 4 heteroatoms. The molecule has 0 saturated carbocycles. The lowest BCUT2D eigenvalue weighted by Crippen LogP contribution is -2.14. The molecule has 10 heavy (non-hydrogen) atoms. The zero-order valence-corrected chi connectivity index (χ0v) is 7.99. The summed E-state index contributed by atoms with van der Waals surface area (Å²) in [5.41, 5.74) is 0. The van der Waals surface area contributed by atoms with Crippen molar-refractivity contribution < 1.29 is 10.2 Å². The van der Waals surface area contributed by atoms with Crippen LogP contribution < -0.4 is 0 Å². The van der Waals surface area contributed by atoms with Gasteiger partial charge in [0.05, 0.1) is 12.7 Å². The fraction of sp³-hybridized carbons (Fsp3) is 0.667. The fourth-order valence-electron chi connectivity index (χ4n) is 0.358. The predicted molar refractivity (Wildman–Crippen MR) is 48.5 cm³/mol. The van der Waals surface area contributed by atoms with Crippen LogP contribution in [-0.2, 0) is 0 Å². The van der Waals surface area contributed by atoms with Gasteiger partial charge in [-0.1, -0.05) is 22.5 Å². The molecule has 0 aromatic rings. The Labute approximate surface area is 73.5 Å². The molecule has 60 valence electrons. The molecule has 0 aromatic carbocycles. The molecule has 0 saturated heterocycles. The molecule has 2 nitrogen and oxygen atoms in total. The predicted octanol–water partition coefficient (Wildman–Crippen LogP) is 0.981. The van der Waals surface area contributed by atoms with Crippen LogP contribution in [0, 0.1) is 0 Å². The molecule has 0 rings (SSSR count). The van der Waals surface area contributed by atoms with Crippen molar-refractivity contribution in [3.8, 4) is 0 Å². The lowest BCUT2D eigenvalue weighted by atomic mass is 10.4. The third-order valence-electron chi connectivity index (χ3n) is 0.780. The first-order valence-corrected chi connectivity index (χ1v) is 4.81. The maximum absolute atomic E-state index is 8.86. The molecular formula is C6H11BrO2S. The van der Waals surface area contributed by atoms with Crippen LogP contribution in [0.4, 0.5) is 0 Å². The number of rotatable bonds is 5. The Hall–Kier alpha value is 0.490. The molecule has 0 aliphatic rings. The van der Waals surface area contributed by atoms with Gasteiger partial charge in [-0.25, -0.2) is 0 Å². The van der Waals surface area contributed by atoms with Gasteiger partial charge in [-0.3, -0.25) is 0 Å². The molecule has 0 radical (unpaired) electrons. The largest absolute Gasteiger partial charge is 0.394 e. The van der Waals surface area contributed by atoms with Crippen LogP contribution in [0.1, 0.15) is 0 Å². The second-order valence-electron chi connectivity index (χ2n) is 1.87. The zero-order chi connectivity index (χ0) is 7.98. The third kappa shape index (κ3) is 6.61. The SMILES string of the molecule is C=C(Br)CSCC(O)CO. The number of hydrogen-bond donors (Lipinski definition) is 2. The molecule has 0 aliphatic heterocycles. The summed E-state index contributed by atoms with van der Waals surface area (Å²) in [6.45, 7) is 3.46. The Kier molecular flexibility index (Phi) is 6.52. The Balaban J connectivity index is 3.11. The van der Waals surface area contributed by atoms with Gasteiger partial charge in [0.25, 0.3) is 0 Å². The minimum Gasteiger partial charge on any atom is -0.394 e. The van der Waals surface area contributed by atoms with Gasteiger partial charge >= 0.3 is 0 Å². The first kappa shape index (κ1) is 10.5. The summed E-state index contributed by atoms with van der Waals surface area (Å²) in [5, 5.41) is 17.3. The molecule has 0 heterocycles. The van der Waals surface area contributed by atoms with E-state index in [0.717, 1.165) is 10.2 Å². The van der Waals surface area contributed by atoms with Crippen molar-refractivity contribution >= 4 is 27.7 Å². The molecule has 1 atom stereocenters. The summed E-state index contributed by atoms with van der Waals surface area (Å²) in [5.74, 6) is 1.33. The molecule has 0 aromatic heterocycles. The molecule has 1 unspecified atom stereocenters. The summed E-state index contributed by atoms with van der Waals surface area (Å²) >= 11 is 4.72. The van der Waals surface area contributed by atoms with Crippen molar-refractivity contribution in [1.82, 2.24) is 0 Å². The van der Waals surface area contributed by atoms with E-state index in [1.807, 2.05) is 0 Å². The summed E-state index contributed by atoms with van der Waals surface area (Å²) in [6, 6.07) is 0. The smallest absolute Gasteiger partial charge is 0.0861 e. The van der Waals surface area contributed by atoms with E-state index >= 15 is 0 Å². The monoisotopic (exact) mass is 226 g/mol. The van der Waals surface area contributed by atoms with Gasteiger partial charge in [-0.15, -0.1) is 0 Å². The van der Waals surface area contributed by atoms with E-state index in [2.05, 4.69) is 22.5 Å². The van der Waals surface area contributed by atoms with E-state index in [1.54, 1.807) is 0 Å². The lowest BCUT2D eigenvalue weighted by Gasteiger charge is -2.04. The molecular weight excluding hydrogens is 216 g/mol. The summed E-state index contributed by atoms with van der Waals surface area (Å²) in [6.07, 6.45) is -0.600. The minimum absolute atomic E-state index is 0.165. The van der Waals surface area contributed by atoms with Crippen LogP contribution in [0.25, 0.3) is 0 Å². The molecule has 0 bridgehead atoms. The van der Waals surface area contributed by atoms with Gasteiger partial charge in [0.15, 0.2) is 0 Å². The quantitative estimate of drug-likeness (QED) is 0.735. The van der Waals surface area contributed by atoms with Crippen molar-refractivity contribution in [1.29, 1.82) is 0 Å². The number of halogens is 1. The van der Waals surface area contributed by atoms with E-state index in [0.29, 0.717) is 5.75 Å². The second-order valence-corrected chi connectivity index (χ2v) is 4.02. The van der Waals surface area contributed by atoms with Gasteiger partial charge in [0.2, 0.25) is 0 Å². The average Bonchev–Trinajstić information content (AvgIpc) is 1.87. The van der Waals surface area contributed by atoms with Crippen molar-refractivity contribution in [3.63, 3.8) is 0 Å². The fourth-order valence-corrected chi connectivity index (χ4v) is 1.56. The zero-order valence-electron chi connectivity index (χ0n) is 5.59. The van der Waals surface area contributed by atoms with Gasteiger partial charge in [0, 0.05) is 11.5 Å². The number of thioether (sulfide) groups is 1. The van der Waals surface area contributed by atoms with Crippen molar-refractivity contribution in [3.05, 3.63) is 11.1 Å². The molecule has 0 fully saturated rings. The highest BCUT2D eigenvalue weighted by atomic mass is 79.9. The van der Waals surface area contributed by atoms with Crippen molar-refractivity contribution in [2.75, 3.05) is 18.1 Å². The van der Waals surface area contributed by atoms with Crippen LogP contribution in [0.5, 0.6) is 0 Å². The van der Waals surface area contributed by atoms with Gasteiger partial charge in [0.1, 0.15) is 0 Å². The summed E-state index contributed by atoms with van der Waals surface area (Å²) in [7, 11) is 0. The van der Waals surface area contributed by atoms with Crippen LogP contribution >= 0.6 is 27.7 Å². The highest BCUT2D eigenvalue weighted by Gasteiger charge is 2.00. The average molecular weight is 227 g/mol. The summed E-state index contributed by atoms with van der Waals surface area (Å²) in [4.78, 5) is 0. The van der Waals surface area contributed by atoms with Gasteiger partial charge in [-0.05, 0) is 4.48 Å². The topological polar surface area (TPSA) is 40.5 Å². The molecule has 0 spiro atoms. The third-order valence-corrected chi connectivity index (χ3v) is 2.60. The van der Waals surface area contributed by atoms with Gasteiger partial charge in [-0.2, -0.15) is 11.8 Å². The Bertz CT molecular complexity index is 108. The highest BCUT2D eigenvalue weighted by molar-refractivity contribution is 9.11. The second kappa shape index (κ2) is 6.22. The maximum Gasteiger partial charge on any atom is 0.0861 e. The normalized spacial score (nSPS) is 13.1. The van der Waals surface area contributed by atoms with Crippen LogP contribution in [0.2, 0.25) is 0 Å². The van der Waals surface area contributed by atoms with E-state index in [1.165, 1.54) is 11.8 Å². The molecule has 0 amide bonds. The Morgan fingerprint density at radius 2 is 2.30 bits per heavy atom. The first-order chi connectivity index (χ1) is 4.66. The number of hydrogen-bond acceptors (Lipinski definition) is 3. The van der Waals surface area contributed by atoms with E-state index in [4.69, 9.17) is 10.2 Å². The van der Waals surface area contributed by atoms with Crippen LogP contribution in [0.15, 0.2) is 11.1 Å². The van der Waals surface area contributed by atoms with Crippen LogP contribution in [-0.4, -0.2) is 34.4 Å². The van der Waals surface area contributed by atoms with E-state index < -0.39 is 6.10 Å². The van der Waals surface area contributed by atoms with E-state index in [9.17, 15) is 0 Å². The molecule has 2 N–H and O–H groups in total. The van der Waals surface area contributed by atoms with Gasteiger partial charge < -0.3 is 10.2 Å².